The molecule has 3 aromatic rings. The number of hydrogen-bond acceptors (Lipinski definition) is 3. The Balaban J connectivity index is 1.80. The summed E-state index contributed by atoms with van der Waals surface area (Å²) in [5.41, 5.74) is 4.36. The van der Waals surface area contributed by atoms with E-state index in [4.69, 9.17) is 12.2 Å². The summed E-state index contributed by atoms with van der Waals surface area (Å²) in [5, 5.41) is 13.6. The molecule has 1 aliphatic heterocycles. The van der Waals surface area contributed by atoms with Crippen LogP contribution >= 0.6 is 12.2 Å². The summed E-state index contributed by atoms with van der Waals surface area (Å²) in [4.78, 5) is 6.59. The fourth-order valence-electron chi connectivity index (χ4n) is 3.65. The maximum absolute atomic E-state index is 9.58. The van der Waals surface area contributed by atoms with Gasteiger partial charge in [0, 0.05) is 30.3 Å². The standard InChI is InChI=1S/C21H22N4OS/c1-15-7-9-16(10-8-15)24-12-4-6-18(24)20-19(17-5-2-3-11-22-17)23-21(27)25(20)13-14-26/h2-12,19-20,26H,13-14H2,1H3,(H,23,27)/t19-,20+/m1/s1. The molecule has 138 valence electrons. The summed E-state index contributed by atoms with van der Waals surface area (Å²) >= 11 is 5.58. The first-order valence-electron chi connectivity index (χ1n) is 9.02. The van der Waals surface area contributed by atoms with E-state index in [-0.39, 0.29) is 18.7 Å². The predicted molar refractivity (Wildman–Crippen MR) is 110 cm³/mol. The fourth-order valence-corrected chi connectivity index (χ4v) is 3.98. The molecule has 0 saturated carbocycles. The van der Waals surface area contributed by atoms with E-state index in [9.17, 15) is 5.11 Å². The second kappa shape index (κ2) is 7.50. The van der Waals surface area contributed by atoms with Gasteiger partial charge in [-0.3, -0.25) is 4.98 Å². The Labute approximate surface area is 164 Å². The lowest BCUT2D eigenvalue weighted by Crippen LogP contribution is -2.32. The Hall–Kier alpha value is -2.70. The SMILES string of the molecule is Cc1ccc(-n2cccc2[C@H]2[C@@H](c3ccccn3)NC(=S)N2CCO)cc1. The van der Waals surface area contributed by atoms with Gasteiger partial charge in [-0.05, 0) is 55.5 Å². The van der Waals surface area contributed by atoms with E-state index in [0.29, 0.717) is 11.7 Å². The summed E-state index contributed by atoms with van der Waals surface area (Å²) in [5.74, 6) is 0. The number of benzene rings is 1. The van der Waals surface area contributed by atoms with Gasteiger partial charge >= 0.3 is 0 Å². The van der Waals surface area contributed by atoms with E-state index in [0.717, 1.165) is 17.1 Å². The highest BCUT2D eigenvalue weighted by molar-refractivity contribution is 7.80. The zero-order chi connectivity index (χ0) is 18.8. The minimum atomic E-state index is -0.0793. The quantitative estimate of drug-likeness (QED) is 0.668. The molecule has 1 aromatic carbocycles. The molecule has 5 nitrogen and oxygen atoms in total. The highest BCUT2D eigenvalue weighted by Gasteiger charge is 2.40. The largest absolute Gasteiger partial charge is 0.395 e. The van der Waals surface area contributed by atoms with Crippen LogP contribution in [-0.4, -0.2) is 37.8 Å². The number of aromatic nitrogens is 2. The monoisotopic (exact) mass is 378 g/mol. The van der Waals surface area contributed by atoms with Gasteiger partial charge in [0.25, 0.3) is 0 Å². The van der Waals surface area contributed by atoms with Crippen LogP contribution in [0, 0.1) is 6.92 Å². The highest BCUT2D eigenvalue weighted by Crippen LogP contribution is 2.39. The number of rotatable bonds is 5. The average molecular weight is 379 g/mol. The van der Waals surface area contributed by atoms with Crippen LogP contribution < -0.4 is 5.32 Å². The van der Waals surface area contributed by atoms with Crippen molar-refractivity contribution in [3.63, 3.8) is 0 Å². The lowest BCUT2D eigenvalue weighted by atomic mass is 10.0. The van der Waals surface area contributed by atoms with Crippen LogP contribution in [0.25, 0.3) is 5.69 Å². The highest BCUT2D eigenvalue weighted by atomic mass is 32.1. The lowest BCUT2D eigenvalue weighted by molar-refractivity contribution is 0.220. The molecule has 27 heavy (non-hydrogen) atoms. The van der Waals surface area contributed by atoms with E-state index in [1.54, 1.807) is 6.20 Å². The van der Waals surface area contributed by atoms with Gasteiger partial charge in [-0.25, -0.2) is 0 Å². The van der Waals surface area contributed by atoms with E-state index >= 15 is 0 Å². The summed E-state index contributed by atoms with van der Waals surface area (Å²) in [6.07, 6.45) is 3.86. The summed E-state index contributed by atoms with van der Waals surface area (Å²) in [6.45, 7) is 2.59. The van der Waals surface area contributed by atoms with E-state index in [1.165, 1.54) is 5.56 Å². The maximum Gasteiger partial charge on any atom is 0.170 e. The normalized spacial score (nSPS) is 19.3. The molecule has 6 heteroatoms. The van der Waals surface area contributed by atoms with Gasteiger partial charge in [-0.15, -0.1) is 0 Å². The molecule has 0 radical (unpaired) electrons. The number of hydrogen-bond donors (Lipinski definition) is 2. The minimum absolute atomic E-state index is 0.0402. The number of β-amino-alcohol motifs (C(OH)–C–C–N with tert-alkyl or cyclic N) is 1. The zero-order valence-electron chi connectivity index (χ0n) is 15.1. The smallest absolute Gasteiger partial charge is 0.170 e. The van der Waals surface area contributed by atoms with Gasteiger partial charge in [0.2, 0.25) is 0 Å². The Kier molecular flexibility index (Phi) is 4.92. The van der Waals surface area contributed by atoms with Crippen molar-refractivity contribution in [2.75, 3.05) is 13.2 Å². The van der Waals surface area contributed by atoms with Crippen LogP contribution in [0.4, 0.5) is 0 Å². The Morgan fingerprint density at radius 2 is 1.93 bits per heavy atom. The molecule has 0 spiro atoms. The van der Waals surface area contributed by atoms with Crippen molar-refractivity contribution in [2.45, 2.75) is 19.0 Å². The number of nitrogens with one attached hydrogen (secondary N) is 1. The first-order valence-corrected chi connectivity index (χ1v) is 9.43. The van der Waals surface area contributed by atoms with E-state index in [2.05, 4.69) is 63.2 Å². The Bertz CT molecular complexity index is 923. The first kappa shape index (κ1) is 17.7. The van der Waals surface area contributed by atoms with Crippen molar-refractivity contribution in [3.8, 4) is 5.69 Å². The van der Waals surface area contributed by atoms with Gasteiger partial charge in [-0.1, -0.05) is 23.8 Å². The van der Waals surface area contributed by atoms with Gasteiger partial charge < -0.3 is 19.9 Å². The summed E-state index contributed by atoms with van der Waals surface area (Å²) in [7, 11) is 0. The van der Waals surface area contributed by atoms with E-state index in [1.807, 2.05) is 24.3 Å². The van der Waals surface area contributed by atoms with Gasteiger partial charge in [-0.2, -0.15) is 0 Å². The number of nitrogens with zero attached hydrogens (tertiary/aromatic N) is 3. The molecule has 0 amide bonds. The van der Waals surface area contributed by atoms with Crippen LogP contribution in [-0.2, 0) is 0 Å². The molecule has 1 aliphatic rings. The number of aliphatic hydroxyl groups excluding tert-OH is 1. The van der Waals surface area contributed by atoms with Crippen molar-refractivity contribution in [3.05, 3.63) is 83.9 Å². The third-order valence-electron chi connectivity index (χ3n) is 4.93. The van der Waals surface area contributed by atoms with Crippen LogP contribution in [0.5, 0.6) is 0 Å². The predicted octanol–water partition coefficient (Wildman–Crippen LogP) is 3.15. The van der Waals surface area contributed by atoms with Crippen LogP contribution in [0.2, 0.25) is 0 Å². The van der Waals surface area contributed by atoms with Gasteiger partial charge in [0.1, 0.15) is 0 Å². The molecule has 0 bridgehead atoms. The fraction of sp³-hybridized carbons (Fsp3) is 0.238. The van der Waals surface area contributed by atoms with Crippen molar-refractivity contribution in [1.29, 1.82) is 0 Å². The summed E-state index contributed by atoms with van der Waals surface area (Å²) < 4.78 is 2.18. The minimum Gasteiger partial charge on any atom is -0.395 e. The molecule has 1 fully saturated rings. The maximum atomic E-state index is 9.58. The van der Waals surface area contributed by atoms with Gasteiger partial charge in [0.15, 0.2) is 5.11 Å². The van der Waals surface area contributed by atoms with Crippen molar-refractivity contribution in [1.82, 2.24) is 19.8 Å². The van der Waals surface area contributed by atoms with Crippen molar-refractivity contribution >= 4 is 17.3 Å². The van der Waals surface area contributed by atoms with E-state index < -0.39 is 0 Å². The van der Waals surface area contributed by atoms with Crippen molar-refractivity contribution in [2.24, 2.45) is 0 Å². The molecular formula is C21H22N4OS. The van der Waals surface area contributed by atoms with Gasteiger partial charge in [0.05, 0.1) is 24.4 Å². The topological polar surface area (TPSA) is 53.3 Å². The number of thiocarbonyl (C=S) groups is 1. The van der Waals surface area contributed by atoms with Crippen LogP contribution in [0.15, 0.2) is 67.0 Å². The number of aliphatic hydroxyl groups is 1. The molecule has 2 aromatic heterocycles. The number of pyridine rings is 1. The Morgan fingerprint density at radius 1 is 1.11 bits per heavy atom. The first-order chi connectivity index (χ1) is 13.2. The molecule has 2 N–H and O–H groups in total. The lowest BCUT2D eigenvalue weighted by Gasteiger charge is -2.28. The molecule has 2 atom stereocenters. The third-order valence-corrected chi connectivity index (χ3v) is 5.29. The average Bonchev–Trinajstić information content (AvgIpc) is 3.28. The molecule has 0 unspecified atom stereocenters. The summed E-state index contributed by atoms with van der Waals surface area (Å²) in [6, 6.07) is 18.4. The van der Waals surface area contributed by atoms with Crippen LogP contribution in [0.3, 0.4) is 0 Å². The van der Waals surface area contributed by atoms with Crippen LogP contribution in [0.1, 0.15) is 29.0 Å². The van der Waals surface area contributed by atoms with Crippen molar-refractivity contribution < 1.29 is 5.11 Å². The second-order valence-electron chi connectivity index (χ2n) is 6.68. The zero-order valence-corrected chi connectivity index (χ0v) is 15.9. The third kappa shape index (κ3) is 3.34. The molecule has 3 heterocycles. The number of aryl methyl sites for hydroxylation is 1. The molecule has 0 aliphatic carbocycles. The molecule has 1 saturated heterocycles. The second-order valence-corrected chi connectivity index (χ2v) is 7.07. The molecule has 4 rings (SSSR count). The Morgan fingerprint density at radius 3 is 2.63 bits per heavy atom. The molecular weight excluding hydrogens is 356 g/mol.